The van der Waals surface area contributed by atoms with Crippen LogP contribution in [0.4, 0.5) is 0 Å². The van der Waals surface area contributed by atoms with Gasteiger partial charge in [0.2, 0.25) is 0 Å². The monoisotopic (exact) mass is 221 g/mol. The van der Waals surface area contributed by atoms with E-state index in [4.69, 9.17) is 17.3 Å². The summed E-state index contributed by atoms with van der Waals surface area (Å²) in [5, 5.41) is 0.764. The second-order valence-corrected chi connectivity index (χ2v) is 4.50. The van der Waals surface area contributed by atoms with Crippen molar-refractivity contribution in [3.63, 3.8) is 0 Å². The minimum atomic E-state index is 0.254. The lowest BCUT2D eigenvalue weighted by atomic mass is 10.1. The molecule has 2 aromatic rings. The van der Waals surface area contributed by atoms with Gasteiger partial charge in [0, 0.05) is 24.0 Å². The second-order valence-electron chi connectivity index (χ2n) is 4.07. The van der Waals surface area contributed by atoms with Gasteiger partial charge in [-0.3, -0.25) is 0 Å². The lowest BCUT2D eigenvalue weighted by molar-refractivity contribution is 0.471. The summed E-state index contributed by atoms with van der Waals surface area (Å²) >= 11 is 5.98. The molecule has 4 heteroatoms. The van der Waals surface area contributed by atoms with Crippen LogP contribution in [0.15, 0.2) is 18.2 Å². The van der Waals surface area contributed by atoms with Crippen molar-refractivity contribution in [2.75, 3.05) is 0 Å². The quantitative estimate of drug-likeness (QED) is 0.739. The van der Waals surface area contributed by atoms with Crippen LogP contribution in [0.2, 0.25) is 5.02 Å². The van der Waals surface area contributed by atoms with Crippen molar-refractivity contribution in [2.24, 2.45) is 5.73 Å². The third kappa shape index (κ3) is 1.43. The highest BCUT2D eigenvalue weighted by atomic mass is 35.5. The van der Waals surface area contributed by atoms with Crippen molar-refractivity contribution in [3.8, 4) is 0 Å². The molecule has 3 rings (SSSR count). The molecule has 78 valence electrons. The Bertz CT molecular complexity index is 518. The highest BCUT2D eigenvalue weighted by molar-refractivity contribution is 6.31. The molecule has 0 radical (unpaired) electrons. The van der Waals surface area contributed by atoms with E-state index >= 15 is 0 Å². The maximum atomic E-state index is 5.98. The Morgan fingerprint density at radius 1 is 1.47 bits per heavy atom. The molecule has 0 amide bonds. The van der Waals surface area contributed by atoms with E-state index in [1.807, 2.05) is 18.2 Å². The summed E-state index contributed by atoms with van der Waals surface area (Å²) in [7, 11) is 0. The summed E-state index contributed by atoms with van der Waals surface area (Å²) in [5.74, 6) is 1.09. The summed E-state index contributed by atoms with van der Waals surface area (Å²) in [6, 6.07) is 6.08. The topological polar surface area (TPSA) is 43.8 Å². The maximum Gasteiger partial charge on any atom is 0.111 e. The summed E-state index contributed by atoms with van der Waals surface area (Å²) < 4.78 is 2.23. The first-order chi connectivity index (χ1) is 7.24. The first-order valence-electron chi connectivity index (χ1n) is 5.14. The molecule has 1 aromatic heterocycles. The standard InChI is InChI=1S/C11H12ClN3/c12-7-1-2-9-10(5-7)15-4-3-8(13)6-11(15)14-9/h1-2,5,8H,3-4,6,13H2. The van der Waals surface area contributed by atoms with E-state index in [9.17, 15) is 0 Å². The highest BCUT2D eigenvalue weighted by Crippen LogP contribution is 2.24. The molecule has 0 fully saturated rings. The first-order valence-corrected chi connectivity index (χ1v) is 5.52. The average molecular weight is 222 g/mol. The van der Waals surface area contributed by atoms with Gasteiger partial charge in [-0.15, -0.1) is 0 Å². The van der Waals surface area contributed by atoms with Gasteiger partial charge in [-0.1, -0.05) is 11.6 Å². The molecule has 0 spiro atoms. The fraction of sp³-hybridized carbons (Fsp3) is 0.364. The number of hydrogen-bond donors (Lipinski definition) is 1. The number of fused-ring (bicyclic) bond motifs is 3. The van der Waals surface area contributed by atoms with Crippen LogP contribution < -0.4 is 5.73 Å². The third-order valence-electron chi connectivity index (χ3n) is 2.96. The number of aryl methyl sites for hydroxylation is 1. The van der Waals surface area contributed by atoms with Gasteiger partial charge in [-0.05, 0) is 24.6 Å². The average Bonchev–Trinajstić information content (AvgIpc) is 2.54. The number of imidazole rings is 1. The van der Waals surface area contributed by atoms with Gasteiger partial charge in [0.1, 0.15) is 5.82 Å². The van der Waals surface area contributed by atoms with Crippen molar-refractivity contribution < 1.29 is 0 Å². The molecule has 0 saturated carbocycles. The number of hydrogen-bond acceptors (Lipinski definition) is 2. The molecule has 3 nitrogen and oxygen atoms in total. The van der Waals surface area contributed by atoms with Gasteiger partial charge in [-0.2, -0.15) is 0 Å². The van der Waals surface area contributed by atoms with Gasteiger partial charge in [0.05, 0.1) is 11.0 Å². The Balaban J connectivity index is 2.24. The van der Waals surface area contributed by atoms with E-state index in [1.165, 1.54) is 0 Å². The fourth-order valence-corrected chi connectivity index (χ4v) is 2.35. The summed E-state index contributed by atoms with van der Waals surface area (Å²) in [4.78, 5) is 4.57. The zero-order chi connectivity index (χ0) is 10.4. The Kier molecular flexibility index (Phi) is 1.97. The van der Waals surface area contributed by atoms with Crippen LogP contribution in [-0.4, -0.2) is 15.6 Å². The molecule has 1 atom stereocenters. The summed E-state index contributed by atoms with van der Waals surface area (Å²) in [6.07, 6.45) is 1.89. The van der Waals surface area contributed by atoms with Crippen LogP contribution in [0.1, 0.15) is 12.2 Å². The molecule has 0 aliphatic carbocycles. The lowest BCUT2D eigenvalue weighted by Crippen LogP contribution is -2.30. The SMILES string of the molecule is NC1CCn2c(nc3ccc(Cl)cc32)C1. The van der Waals surface area contributed by atoms with Crippen LogP contribution in [0.5, 0.6) is 0 Å². The van der Waals surface area contributed by atoms with E-state index < -0.39 is 0 Å². The lowest BCUT2D eigenvalue weighted by Gasteiger charge is -2.19. The number of nitrogens with zero attached hydrogens (tertiary/aromatic N) is 2. The van der Waals surface area contributed by atoms with E-state index in [1.54, 1.807) is 0 Å². The Morgan fingerprint density at radius 3 is 3.20 bits per heavy atom. The highest BCUT2D eigenvalue weighted by Gasteiger charge is 2.19. The molecule has 1 aliphatic heterocycles. The predicted molar refractivity (Wildman–Crippen MR) is 61.0 cm³/mol. The molecule has 0 bridgehead atoms. The van der Waals surface area contributed by atoms with Crippen molar-refractivity contribution in [1.82, 2.24) is 9.55 Å². The smallest absolute Gasteiger partial charge is 0.111 e. The van der Waals surface area contributed by atoms with Crippen molar-refractivity contribution in [3.05, 3.63) is 29.0 Å². The van der Waals surface area contributed by atoms with Gasteiger partial charge in [-0.25, -0.2) is 4.98 Å². The van der Waals surface area contributed by atoms with Crippen molar-refractivity contribution in [1.29, 1.82) is 0 Å². The fourth-order valence-electron chi connectivity index (χ4n) is 2.18. The first kappa shape index (κ1) is 9.19. The minimum Gasteiger partial charge on any atom is -0.328 e. The summed E-state index contributed by atoms with van der Waals surface area (Å²) in [6.45, 7) is 0.952. The number of halogens is 1. The summed E-state index contributed by atoms with van der Waals surface area (Å²) in [5.41, 5.74) is 8.07. The van der Waals surface area contributed by atoms with E-state index in [2.05, 4.69) is 9.55 Å². The third-order valence-corrected chi connectivity index (χ3v) is 3.19. The number of benzene rings is 1. The zero-order valence-corrected chi connectivity index (χ0v) is 9.04. The van der Waals surface area contributed by atoms with E-state index in [-0.39, 0.29) is 6.04 Å². The molecule has 2 N–H and O–H groups in total. The van der Waals surface area contributed by atoms with Crippen molar-refractivity contribution in [2.45, 2.75) is 25.4 Å². The number of aromatic nitrogens is 2. The van der Waals surface area contributed by atoms with Gasteiger partial charge < -0.3 is 10.3 Å². The maximum absolute atomic E-state index is 5.98. The zero-order valence-electron chi connectivity index (χ0n) is 8.28. The Hall–Kier alpha value is -1.06. The van der Waals surface area contributed by atoms with Crippen LogP contribution in [0.3, 0.4) is 0 Å². The minimum absolute atomic E-state index is 0.254. The van der Waals surface area contributed by atoms with Crippen LogP contribution >= 0.6 is 11.6 Å². The molecule has 1 aliphatic rings. The van der Waals surface area contributed by atoms with Crippen LogP contribution in [0.25, 0.3) is 11.0 Å². The second kappa shape index (κ2) is 3.22. The molecule has 1 unspecified atom stereocenters. The Morgan fingerprint density at radius 2 is 2.33 bits per heavy atom. The van der Waals surface area contributed by atoms with Gasteiger partial charge in [0.15, 0.2) is 0 Å². The molecule has 0 saturated heterocycles. The number of nitrogens with two attached hydrogens (primary N) is 1. The molecule has 1 aromatic carbocycles. The van der Waals surface area contributed by atoms with Crippen LogP contribution in [-0.2, 0) is 13.0 Å². The van der Waals surface area contributed by atoms with Crippen LogP contribution in [0, 0.1) is 0 Å². The Labute approximate surface area is 92.8 Å². The van der Waals surface area contributed by atoms with E-state index in [0.717, 1.165) is 41.3 Å². The number of rotatable bonds is 0. The molecule has 15 heavy (non-hydrogen) atoms. The molecule has 2 heterocycles. The van der Waals surface area contributed by atoms with E-state index in [0.29, 0.717) is 0 Å². The molecular formula is C11H12ClN3. The normalized spacial score (nSPS) is 20.5. The van der Waals surface area contributed by atoms with Gasteiger partial charge in [0.25, 0.3) is 0 Å². The van der Waals surface area contributed by atoms with Gasteiger partial charge >= 0.3 is 0 Å². The van der Waals surface area contributed by atoms with Crippen molar-refractivity contribution >= 4 is 22.6 Å². The molecular weight excluding hydrogens is 210 g/mol. The predicted octanol–water partition coefficient (Wildman–Crippen LogP) is 1.96. The largest absolute Gasteiger partial charge is 0.328 e.